The number of halogens is 2. The molecule has 0 aliphatic heterocycles. The number of para-hydroxylation sites is 2. The Bertz CT molecular complexity index is 1080. The van der Waals surface area contributed by atoms with Crippen LogP contribution in [0.4, 0.5) is 8.78 Å². The molecule has 0 aliphatic carbocycles. The molecule has 0 fully saturated rings. The number of fused-ring (bicyclic) bond motifs is 1. The van der Waals surface area contributed by atoms with Gasteiger partial charge in [0.15, 0.2) is 0 Å². The lowest BCUT2D eigenvalue weighted by Gasteiger charge is -2.13. The summed E-state index contributed by atoms with van der Waals surface area (Å²) in [6.07, 6.45) is 0. The first-order valence-electron chi connectivity index (χ1n) is 8.04. The molecule has 7 nitrogen and oxygen atoms in total. The van der Waals surface area contributed by atoms with Crippen LogP contribution in [0.2, 0.25) is 0 Å². The number of imidazole rings is 1. The summed E-state index contributed by atoms with van der Waals surface area (Å²) in [5.74, 6) is 0.372. The molecule has 0 radical (unpaired) electrons. The maximum atomic E-state index is 13.7. The van der Waals surface area contributed by atoms with Crippen LogP contribution in [0, 0.1) is 0 Å². The van der Waals surface area contributed by atoms with E-state index in [0.29, 0.717) is 21.9 Å². The third-order valence-electron chi connectivity index (χ3n) is 4.00. The van der Waals surface area contributed by atoms with Crippen LogP contribution >= 0.6 is 11.8 Å². The number of tetrazole rings is 1. The highest BCUT2D eigenvalue weighted by molar-refractivity contribution is 7.99. The highest BCUT2D eigenvalue weighted by Crippen LogP contribution is 2.37. The molecule has 0 amide bonds. The SMILES string of the molecule is CC(Sc1nnnn1-c1ccc(O)cc1)c1nc2ccccc2n1C(F)F. The van der Waals surface area contributed by atoms with Gasteiger partial charge in [0.25, 0.3) is 0 Å². The lowest BCUT2D eigenvalue weighted by molar-refractivity contribution is 0.0715. The van der Waals surface area contributed by atoms with E-state index < -0.39 is 11.8 Å². The Morgan fingerprint density at radius 2 is 1.81 bits per heavy atom. The molecule has 0 saturated heterocycles. The molecule has 0 aliphatic rings. The van der Waals surface area contributed by atoms with Crippen LogP contribution in [-0.2, 0) is 0 Å². The maximum absolute atomic E-state index is 13.7. The Labute approximate surface area is 156 Å². The third kappa shape index (κ3) is 3.23. The van der Waals surface area contributed by atoms with E-state index in [1.807, 2.05) is 0 Å². The molecular formula is C17H14F2N6OS. The van der Waals surface area contributed by atoms with Crippen molar-refractivity contribution in [2.45, 2.75) is 23.9 Å². The smallest absolute Gasteiger partial charge is 0.320 e. The lowest BCUT2D eigenvalue weighted by Crippen LogP contribution is -2.07. The largest absolute Gasteiger partial charge is 0.508 e. The van der Waals surface area contributed by atoms with Gasteiger partial charge in [-0.1, -0.05) is 23.9 Å². The number of nitrogens with zero attached hydrogens (tertiary/aromatic N) is 6. The Morgan fingerprint density at radius 1 is 1.07 bits per heavy atom. The molecule has 4 aromatic rings. The molecule has 0 bridgehead atoms. The number of hydrogen-bond donors (Lipinski definition) is 1. The van der Waals surface area contributed by atoms with Crippen molar-refractivity contribution >= 4 is 22.8 Å². The van der Waals surface area contributed by atoms with Gasteiger partial charge in [0.2, 0.25) is 5.16 Å². The first-order valence-corrected chi connectivity index (χ1v) is 8.92. The second-order valence-corrected chi connectivity index (χ2v) is 7.06. The Kier molecular flexibility index (Phi) is 4.48. The first-order chi connectivity index (χ1) is 13.0. The third-order valence-corrected chi connectivity index (χ3v) is 5.03. The van der Waals surface area contributed by atoms with Crippen molar-refractivity contribution in [2.75, 3.05) is 0 Å². The molecule has 0 saturated carbocycles. The number of phenolic OH excluding ortho intramolecular Hbond substituents is 1. The van der Waals surface area contributed by atoms with E-state index in [4.69, 9.17) is 0 Å². The van der Waals surface area contributed by atoms with E-state index in [-0.39, 0.29) is 11.6 Å². The van der Waals surface area contributed by atoms with Gasteiger partial charge in [-0.25, -0.2) is 4.98 Å². The summed E-state index contributed by atoms with van der Waals surface area (Å²) in [6.45, 7) is -0.927. The van der Waals surface area contributed by atoms with E-state index in [1.165, 1.54) is 28.6 Å². The molecule has 138 valence electrons. The highest BCUT2D eigenvalue weighted by Gasteiger charge is 2.24. The zero-order chi connectivity index (χ0) is 19.0. The first kappa shape index (κ1) is 17.4. The number of thioether (sulfide) groups is 1. The lowest BCUT2D eigenvalue weighted by atomic mass is 10.3. The van der Waals surface area contributed by atoms with Crippen LogP contribution in [0.1, 0.15) is 24.5 Å². The second-order valence-electron chi connectivity index (χ2n) is 5.76. The van der Waals surface area contributed by atoms with Gasteiger partial charge < -0.3 is 5.11 Å². The fourth-order valence-corrected chi connectivity index (χ4v) is 3.69. The summed E-state index contributed by atoms with van der Waals surface area (Å²) < 4.78 is 29.7. The fourth-order valence-electron chi connectivity index (χ4n) is 2.77. The molecule has 2 aromatic carbocycles. The van der Waals surface area contributed by atoms with Gasteiger partial charge in [-0.05, 0) is 53.7 Å². The predicted octanol–water partition coefficient (Wildman–Crippen LogP) is 3.97. The van der Waals surface area contributed by atoms with Gasteiger partial charge in [0, 0.05) is 0 Å². The molecule has 1 atom stereocenters. The standard InChI is InChI=1S/C17H14F2N6OS/c1-10(15-20-13-4-2-3-5-14(13)24(15)16(18)19)27-17-21-22-23-25(17)11-6-8-12(26)9-7-11/h2-10,16,26H,1H3. The number of rotatable bonds is 5. The summed E-state index contributed by atoms with van der Waals surface area (Å²) in [7, 11) is 0. The van der Waals surface area contributed by atoms with Crippen LogP contribution in [0.5, 0.6) is 5.75 Å². The van der Waals surface area contributed by atoms with E-state index in [0.717, 1.165) is 4.57 Å². The number of benzene rings is 2. The summed E-state index contributed by atoms with van der Waals surface area (Å²) >= 11 is 1.22. The predicted molar refractivity (Wildman–Crippen MR) is 96.1 cm³/mol. The molecule has 0 spiro atoms. The zero-order valence-electron chi connectivity index (χ0n) is 14.1. The van der Waals surface area contributed by atoms with Crippen LogP contribution in [-0.4, -0.2) is 34.9 Å². The van der Waals surface area contributed by atoms with E-state index >= 15 is 0 Å². The van der Waals surface area contributed by atoms with Gasteiger partial charge >= 0.3 is 6.55 Å². The minimum Gasteiger partial charge on any atom is -0.508 e. The van der Waals surface area contributed by atoms with E-state index in [9.17, 15) is 13.9 Å². The van der Waals surface area contributed by atoms with Crippen LogP contribution < -0.4 is 0 Å². The van der Waals surface area contributed by atoms with Crippen molar-refractivity contribution in [3.8, 4) is 11.4 Å². The summed E-state index contributed by atoms with van der Waals surface area (Å²) in [6, 6.07) is 13.2. The van der Waals surface area contributed by atoms with Crippen LogP contribution in [0.25, 0.3) is 16.7 Å². The average Bonchev–Trinajstić information content (AvgIpc) is 3.26. The number of aromatic hydroxyl groups is 1. The van der Waals surface area contributed by atoms with Crippen LogP contribution in [0.3, 0.4) is 0 Å². The van der Waals surface area contributed by atoms with Crippen molar-refractivity contribution in [1.29, 1.82) is 0 Å². The van der Waals surface area contributed by atoms with Gasteiger partial charge in [-0.15, -0.1) is 5.10 Å². The highest BCUT2D eigenvalue weighted by atomic mass is 32.2. The maximum Gasteiger partial charge on any atom is 0.320 e. The molecule has 2 heterocycles. The molecule has 1 unspecified atom stereocenters. The van der Waals surface area contributed by atoms with Crippen LogP contribution in [0.15, 0.2) is 53.7 Å². The van der Waals surface area contributed by atoms with Gasteiger partial charge in [-0.3, -0.25) is 4.57 Å². The molecule has 2 aromatic heterocycles. The molecule has 1 N–H and O–H groups in total. The molecule has 27 heavy (non-hydrogen) atoms. The van der Waals surface area contributed by atoms with Gasteiger partial charge in [0.1, 0.15) is 11.6 Å². The molecular weight excluding hydrogens is 374 g/mol. The average molecular weight is 388 g/mol. The minimum atomic E-state index is -2.71. The van der Waals surface area contributed by atoms with Crippen molar-refractivity contribution < 1.29 is 13.9 Å². The van der Waals surface area contributed by atoms with Crippen molar-refractivity contribution in [3.05, 3.63) is 54.4 Å². The number of alkyl halides is 2. The second kappa shape index (κ2) is 6.95. The molecule has 10 heteroatoms. The summed E-state index contributed by atoms with van der Waals surface area (Å²) in [4.78, 5) is 4.38. The van der Waals surface area contributed by atoms with Gasteiger partial charge in [0.05, 0.1) is 22.0 Å². The summed E-state index contributed by atoms with van der Waals surface area (Å²) in [5.41, 5.74) is 1.54. The number of hydrogen-bond acceptors (Lipinski definition) is 6. The Hall–Kier alpha value is -3.01. The molecule has 4 rings (SSSR count). The van der Waals surface area contributed by atoms with Crippen molar-refractivity contribution in [2.24, 2.45) is 0 Å². The minimum absolute atomic E-state index is 0.125. The fraction of sp³-hybridized carbons (Fsp3) is 0.176. The van der Waals surface area contributed by atoms with Gasteiger partial charge in [-0.2, -0.15) is 13.5 Å². The number of phenols is 1. The summed E-state index contributed by atoms with van der Waals surface area (Å²) in [5, 5.41) is 21.0. The Balaban J connectivity index is 1.69. The quantitative estimate of drug-likeness (QED) is 0.521. The normalized spacial score (nSPS) is 12.7. The zero-order valence-corrected chi connectivity index (χ0v) is 14.9. The van der Waals surface area contributed by atoms with Crippen molar-refractivity contribution in [1.82, 2.24) is 29.8 Å². The topological polar surface area (TPSA) is 81.7 Å². The monoisotopic (exact) mass is 388 g/mol. The Morgan fingerprint density at radius 3 is 2.56 bits per heavy atom. The number of aromatic nitrogens is 6. The van der Waals surface area contributed by atoms with E-state index in [1.54, 1.807) is 43.3 Å². The van der Waals surface area contributed by atoms with Crippen molar-refractivity contribution in [3.63, 3.8) is 0 Å². The van der Waals surface area contributed by atoms with E-state index in [2.05, 4.69) is 20.5 Å².